The molecule has 320 valence electrons. The van der Waals surface area contributed by atoms with Crippen molar-refractivity contribution in [2.75, 3.05) is 4.90 Å². The van der Waals surface area contributed by atoms with Gasteiger partial charge in [-0.1, -0.05) is 206 Å². The van der Waals surface area contributed by atoms with Gasteiger partial charge in [-0.2, -0.15) is 0 Å². The van der Waals surface area contributed by atoms with Crippen LogP contribution in [0.5, 0.6) is 0 Å². The first kappa shape index (κ1) is 40.2. The second-order valence-corrected chi connectivity index (χ2v) is 19.7. The van der Waals surface area contributed by atoms with E-state index < -0.39 is 5.41 Å². The summed E-state index contributed by atoms with van der Waals surface area (Å²) in [4.78, 5) is 4.99. The molecule has 0 fully saturated rings. The average molecular weight is 902 g/mol. The van der Waals surface area contributed by atoms with Gasteiger partial charge in [0.2, 0.25) is 0 Å². The highest BCUT2D eigenvalue weighted by molar-refractivity contribution is 7.26. The molecule has 0 radical (unpaired) electrons. The Morgan fingerprint density at radius 2 is 0.750 bits per heavy atom. The van der Waals surface area contributed by atoms with E-state index in [1.165, 1.54) is 96.7 Å². The Morgan fingerprint density at radius 3 is 1.37 bits per heavy atom. The van der Waals surface area contributed by atoms with E-state index >= 15 is 0 Å². The molecule has 10 aromatic carbocycles. The van der Waals surface area contributed by atoms with Crippen LogP contribution in [0.2, 0.25) is 0 Å². The van der Waals surface area contributed by atoms with Gasteiger partial charge in [-0.15, -0.1) is 22.7 Å². The van der Waals surface area contributed by atoms with E-state index in [4.69, 9.17) is 0 Å². The normalized spacial score (nSPS) is 12.5. The van der Waals surface area contributed by atoms with Crippen molar-refractivity contribution < 1.29 is 0 Å². The molecular weight excluding hydrogens is 859 g/mol. The van der Waals surface area contributed by atoms with Crippen molar-refractivity contribution in [2.24, 2.45) is 0 Å². The molecule has 3 heteroatoms. The summed E-state index contributed by atoms with van der Waals surface area (Å²) in [7, 11) is 0. The number of nitrogens with zero attached hydrogens (tertiary/aromatic N) is 1. The quantitative estimate of drug-likeness (QED) is 0.140. The second-order valence-electron chi connectivity index (χ2n) is 17.6. The molecule has 2 heterocycles. The molecule has 68 heavy (non-hydrogen) atoms. The number of thiophene rings is 2. The predicted molar refractivity (Wildman–Crippen MR) is 291 cm³/mol. The molecule has 0 saturated carbocycles. The van der Waals surface area contributed by atoms with Crippen molar-refractivity contribution in [2.45, 2.75) is 5.41 Å². The lowest BCUT2D eigenvalue weighted by atomic mass is 9.71. The van der Waals surface area contributed by atoms with Gasteiger partial charge in [-0.25, -0.2) is 0 Å². The first-order valence-electron chi connectivity index (χ1n) is 23.2. The summed E-state index contributed by atoms with van der Waals surface area (Å²) in [6.07, 6.45) is 0. The maximum absolute atomic E-state index is 2.40. The van der Waals surface area contributed by atoms with E-state index in [1.807, 2.05) is 22.7 Å². The van der Waals surface area contributed by atoms with Crippen molar-refractivity contribution in [1.29, 1.82) is 0 Å². The van der Waals surface area contributed by atoms with E-state index in [-0.39, 0.29) is 0 Å². The third kappa shape index (κ3) is 6.66. The number of hydrogen-bond acceptors (Lipinski definition) is 3. The Balaban J connectivity index is 0.926. The fraction of sp³-hybridized carbons (Fsp3) is 0.0154. The average Bonchev–Trinajstić information content (AvgIpc) is 4.14. The highest BCUT2D eigenvalue weighted by atomic mass is 32.1. The molecule has 0 N–H and O–H groups in total. The SMILES string of the molecule is c1ccc(-c2ccc(-c3ccc(N(c4ccc(-c5cccc6c5sc5ccccc56)cc4)c4ccc(C5(c6ccc(-c7ccccc7)s6)c6ccccc6-c6ccccc65)cc4)cc3)cc2)cc1. The fourth-order valence-electron chi connectivity index (χ4n) is 10.6. The smallest absolute Gasteiger partial charge is 0.0807 e. The molecule has 0 spiro atoms. The maximum atomic E-state index is 2.40. The molecule has 13 rings (SSSR count). The molecule has 0 atom stereocenters. The third-order valence-electron chi connectivity index (χ3n) is 13.8. The van der Waals surface area contributed by atoms with Crippen molar-refractivity contribution in [3.63, 3.8) is 0 Å². The van der Waals surface area contributed by atoms with Crippen molar-refractivity contribution in [3.8, 4) is 54.9 Å². The van der Waals surface area contributed by atoms with E-state index in [9.17, 15) is 0 Å². The van der Waals surface area contributed by atoms with Gasteiger partial charge in [0.25, 0.3) is 0 Å². The summed E-state index contributed by atoms with van der Waals surface area (Å²) in [6.45, 7) is 0. The molecule has 0 unspecified atom stereocenters. The van der Waals surface area contributed by atoms with Crippen molar-refractivity contribution >= 4 is 59.9 Å². The number of fused-ring (bicyclic) bond motifs is 6. The van der Waals surface area contributed by atoms with Crippen LogP contribution >= 0.6 is 22.7 Å². The van der Waals surface area contributed by atoms with E-state index in [2.05, 4.69) is 266 Å². The van der Waals surface area contributed by atoms with E-state index in [0.717, 1.165) is 17.1 Å². The van der Waals surface area contributed by atoms with Gasteiger partial charge in [0.05, 0.1) is 5.41 Å². The van der Waals surface area contributed by atoms with Crippen LogP contribution in [0.3, 0.4) is 0 Å². The summed E-state index contributed by atoms with van der Waals surface area (Å²) >= 11 is 3.78. The standard InChI is InChI=1S/C65H43NS2/c1-3-14-44(15-4-1)45-26-28-46(29-27-45)47-30-36-51(37-31-47)66(52-38-32-48(33-39-52)54-21-13-22-58-57-20-9-12-25-62(57)68-64(54)58)53-40-34-50(35-41-53)65(63-43-42-61(67-63)49-16-5-2-6-17-49)59-23-10-7-18-55(59)56-19-8-11-24-60(56)65/h1-43H. The predicted octanol–water partition coefficient (Wildman–Crippen LogP) is 18.6. The topological polar surface area (TPSA) is 3.24 Å². The largest absolute Gasteiger partial charge is 0.311 e. The van der Waals surface area contributed by atoms with Crippen LogP contribution in [0, 0.1) is 0 Å². The van der Waals surface area contributed by atoms with E-state index in [0.29, 0.717) is 0 Å². The van der Waals surface area contributed by atoms with Gasteiger partial charge in [0, 0.05) is 47.0 Å². The Hall–Kier alpha value is -8.08. The molecule has 1 nitrogen and oxygen atoms in total. The van der Waals surface area contributed by atoms with Gasteiger partial charge in [0.1, 0.15) is 0 Å². The molecule has 0 aliphatic heterocycles. The second kappa shape index (κ2) is 16.7. The minimum absolute atomic E-state index is 0.485. The third-order valence-corrected chi connectivity index (χ3v) is 16.3. The van der Waals surface area contributed by atoms with Crippen molar-refractivity contribution in [1.82, 2.24) is 0 Å². The Morgan fingerprint density at radius 1 is 0.294 bits per heavy atom. The molecule has 0 amide bonds. The summed E-state index contributed by atoms with van der Waals surface area (Å²) < 4.78 is 2.64. The monoisotopic (exact) mass is 901 g/mol. The van der Waals surface area contributed by atoms with Crippen molar-refractivity contribution in [3.05, 3.63) is 282 Å². The van der Waals surface area contributed by atoms with Crippen LogP contribution in [-0.2, 0) is 5.41 Å². The van der Waals surface area contributed by atoms with Crippen LogP contribution < -0.4 is 4.90 Å². The Labute approximate surface area is 405 Å². The first-order chi connectivity index (χ1) is 33.7. The minimum Gasteiger partial charge on any atom is -0.311 e. The fourth-order valence-corrected chi connectivity index (χ4v) is 13.1. The summed E-state index contributed by atoms with van der Waals surface area (Å²) in [5.74, 6) is 0. The molecule has 0 bridgehead atoms. The minimum atomic E-state index is -0.485. The highest BCUT2D eigenvalue weighted by Gasteiger charge is 2.47. The van der Waals surface area contributed by atoms with Gasteiger partial charge >= 0.3 is 0 Å². The van der Waals surface area contributed by atoms with Crippen LogP contribution in [0.25, 0.3) is 75.1 Å². The summed E-state index contributed by atoms with van der Waals surface area (Å²) in [6, 6.07) is 96.1. The molecule has 1 aliphatic rings. The van der Waals surface area contributed by atoms with Crippen LogP contribution in [-0.4, -0.2) is 0 Å². The number of benzene rings is 10. The van der Waals surface area contributed by atoms with E-state index in [1.54, 1.807) is 0 Å². The summed E-state index contributed by atoms with van der Waals surface area (Å²) in [5, 5.41) is 2.63. The summed E-state index contributed by atoms with van der Waals surface area (Å²) in [5.41, 5.74) is 17.8. The lowest BCUT2D eigenvalue weighted by Gasteiger charge is -2.33. The molecule has 0 saturated heterocycles. The number of rotatable bonds is 9. The maximum Gasteiger partial charge on any atom is 0.0807 e. The zero-order valence-electron chi connectivity index (χ0n) is 37.1. The number of hydrogen-bond donors (Lipinski definition) is 0. The lowest BCUT2D eigenvalue weighted by molar-refractivity contribution is 0.787. The van der Waals surface area contributed by atoms with Gasteiger partial charge in [-0.3, -0.25) is 0 Å². The van der Waals surface area contributed by atoms with Gasteiger partial charge < -0.3 is 4.90 Å². The Kier molecular flexibility index (Phi) is 9.85. The number of anilines is 3. The molecule has 12 aromatic rings. The van der Waals surface area contributed by atoms with Crippen LogP contribution in [0.4, 0.5) is 17.1 Å². The van der Waals surface area contributed by atoms with Gasteiger partial charge in [-0.05, 0) is 121 Å². The van der Waals surface area contributed by atoms with Crippen LogP contribution in [0.15, 0.2) is 261 Å². The highest BCUT2D eigenvalue weighted by Crippen LogP contribution is 2.58. The Bertz CT molecular complexity index is 3710. The molecule has 2 aromatic heterocycles. The van der Waals surface area contributed by atoms with Crippen LogP contribution in [0.1, 0.15) is 21.6 Å². The molecule has 1 aliphatic carbocycles. The van der Waals surface area contributed by atoms with Gasteiger partial charge in [0.15, 0.2) is 0 Å². The molecular formula is C65H43NS2. The first-order valence-corrected chi connectivity index (χ1v) is 24.9. The zero-order chi connectivity index (χ0) is 45.0. The lowest BCUT2D eigenvalue weighted by Crippen LogP contribution is -2.27. The zero-order valence-corrected chi connectivity index (χ0v) is 38.7.